The van der Waals surface area contributed by atoms with E-state index in [9.17, 15) is 9.18 Å². The summed E-state index contributed by atoms with van der Waals surface area (Å²) in [5.74, 6) is 0.0421. The van der Waals surface area contributed by atoms with Crippen LogP contribution in [0.4, 0.5) is 4.39 Å². The fraction of sp³-hybridized carbons (Fsp3) is 0.200. The minimum absolute atomic E-state index is 0.175. The van der Waals surface area contributed by atoms with E-state index in [0.29, 0.717) is 11.4 Å². The number of rotatable bonds is 5. The highest BCUT2D eigenvalue weighted by molar-refractivity contribution is 5.79. The van der Waals surface area contributed by atoms with Crippen LogP contribution in [0.3, 0.4) is 0 Å². The topological polar surface area (TPSA) is 46.9 Å². The molecule has 0 bridgehead atoms. The number of nitrogens with one attached hydrogen (secondary N) is 1. The average Bonchev–Trinajstić information content (AvgIpc) is 3.01. The van der Waals surface area contributed by atoms with Crippen LogP contribution in [0.5, 0.6) is 0 Å². The Labute approximate surface area is 146 Å². The van der Waals surface area contributed by atoms with Crippen LogP contribution in [0.25, 0.3) is 0 Å². The standard InChI is InChI=1S/C20H20FN3O/c1-14-7-3-4-8-15(14)13-18(25)23-19(20-22-11-12-24(20)2)16-9-5-6-10-17(16)21/h3-12,19H,13H2,1-2H3,(H,23,25). The van der Waals surface area contributed by atoms with Gasteiger partial charge in [0.2, 0.25) is 5.91 Å². The van der Waals surface area contributed by atoms with Gasteiger partial charge in [-0.05, 0) is 24.1 Å². The summed E-state index contributed by atoms with van der Waals surface area (Å²) in [7, 11) is 1.82. The SMILES string of the molecule is Cc1ccccc1CC(=O)NC(c1ccccc1F)c1nccn1C. The smallest absolute Gasteiger partial charge is 0.225 e. The number of carbonyl (C=O) groups excluding carboxylic acids is 1. The Morgan fingerprint density at radius 1 is 1.20 bits per heavy atom. The van der Waals surface area contributed by atoms with Gasteiger partial charge in [-0.3, -0.25) is 4.79 Å². The predicted octanol–water partition coefficient (Wildman–Crippen LogP) is 3.32. The van der Waals surface area contributed by atoms with E-state index in [1.165, 1.54) is 6.07 Å². The van der Waals surface area contributed by atoms with Crippen molar-refractivity contribution in [1.29, 1.82) is 0 Å². The zero-order valence-corrected chi connectivity index (χ0v) is 14.2. The molecule has 0 spiro atoms. The summed E-state index contributed by atoms with van der Waals surface area (Å²) in [5.41, 5.74) is 2.40. The van der Waals surface area contributed by atoms with Gasteiger partial charge in [0.15, 0.2) is 0 Å². The van der Waals surface area contributed by atoms with E-state index in [4.69, 9.17) is 0 Å². The lowest BCUT2D eigenvalue weighted by atomic mass is 10.0. The van der Waals surface area contributed by atoms with Gasteiger partial charge in [-0.15, -0.1) is 0 Å². The monoisotopic (exact) mass is 337 g/mol. The van der Waals surface area contributed by atoms with Crippen molar-refractivity contribution >= 4 is 5.91 Å². The Bertz CT molecular complexity index is 888. The third kappa shape index (κ3) is 3.76. The molecule has 25 heavy (non-hydrogen) atoms. The number of amides is 1. The lowest BCUT2D eigenvalue weighted by molar-refractivity contribution is -0.121. The molecule has 0 saturated carbocycles. The lowest BCUT2D eigenvalue weighted by Gasteiger charge is -2.20. The molecule has 1 aromatic heterocycles. The van der Waals surface area contributed by atoms with Gasteiger partial charge in [-0.2, -0.15) is 0 Å². The number of hydrogen-bond donors (Lipinski definition) is 1. The van der Waals surface area contributed by atoms with Crippen molar-refractivity contribution in [2.75, 3.05) is 0 Å². The van der Waals surface area contributed by atoms with Gasteiger partial charge < -0.3 is 9.88 Å². The molecule has 0 radical (unpaired) electrons. The molecule has 1 unspecified atom stereocenters. The first kappa shape index (κ1) is 16.9. The summed E-state index contributed by atoms with van der Waals surface area (Å²) in [6, 6.07) is 13.5. The second-order valence-corrected chi connectivity index (χ2v) is 6.02. The molecule has 2 aromatic carbocycles. The molecule has 0 fully saturated rings. The molecule has 128 valence electrons. The number of nitrogens with zero attached hydrogens (tertiary/aromatic N) is 2. The number of aromatic nitrogens is 2. The van der Waals surface area contributed by atoms with Crippen molar-refractivity contribution in [3.63, 3.8) is 0 Å². The van der Waals surface area contributed by atoms with Crippen LogP contribution in [0.2, 0.25) is 0 Å². The second-order valence-electron chi connectivity index (χ2n) is 6.02. The zero-order chi connectivity index (χ0) is 17.8. The minimum atomic E-state index is -0.641. The second kappa shape index (κ2) is 7.30. The molecule has 3 aromatic rings. The number of imidazole rings is 1. The Morgan fingerprint density at radius 3 is 2.60 bits per heavy atom. The molecule has 0 aliphatic rings. The third-order valence-corrected chi connectivity index (χ3v) is 4.25. The maximum atomic E-state index is 14.3. The number of benzene rings is 2. The van der Waals surface area contributed by atoms with Crippen molar-refractivity contribution in [2.24, 2.45) is 7.05 Å². The van der Waals surface area contributed by atoms with Crippen molar-refractivity contribution in [2.45, 2.75) is 19.4 Å². The van der Waals surface area contributed by atoms with Crippen LogP contribution < -0.4 is 5.32 Å². The summed E-state index contributed by atoms with van der Waals surface area (Å²) in [5, 5.41) is 2.93. The Balaban J connectivity index is 1.88. The highest BCUT2D eigenvalue weighted by Crippen LogP contribution is 2.23. The van der Waals surface area contributed by atoms with Crippen LogP contribution in [-0.2, 0) is 18.3 Å². The fourth-order valence-corrected chi connectivity index (χ4v) is 2.84. The highest BCUT2D eigenvalue weighted by Gasteiger charge is 2.23. The molecule has 0 aliphatic carbocycles. The first-order valence-electron chi connectivity index (χ1n) is 8.12. The summed E-state index contributed by atoms with van der Waals surface area (Å²) >= 11 is 0. The molecular formula is C20H20FN3O. The van der Waals surface area contributed by atoms with Crippen molar-refractivity contribution in [3.05, 3.63) is 89.3 Å². The number of carbonyl (C=O) groups is 1. The molecule has 4 nitrogen and oxygen atoms in total. The first-order chi connectivity index (χ1) is 12.1. The molecule has 1 N–H and O–H groups in total. The van der Waals surface area contributed by atoms with Crippen LogP contribution >= 0.6 is 0 Å². The average molecular weight is 337 g/mol. The van der Waals surface area contributed by atoms with E-state index in [-0.39, 0.29) is 18.1 Å². The van der Waals surface area contributed by atoms with Crippen molar-refractivity contribution < 1.29 is 9.18 Å². The van der Waals surface area contributed by atoms with E-state index in [1.807, 2.05) is 38.2 Å². The summed E-state index contributed by atoms with van der Waals surface area (Å²) in [4.78, 5) is 16.9. The maximum absolute atomic E-state index is 14.3. The van der Waals surface area contributed by atoms with Gasteiger partial charge in [0.1, 0.15) is 17.7 Å². The van der Waals surface area contributed by atoms with Gasteiger partial charge in [0.25, 0.3) is 0 Å². The van der Waals surface area contributed by atoms with Crippen molar-refractivity contribution in [3.8, 4) is 0 Å². The Kier molecular flexibility index (Phi) is 4.93. The molecule has 0 saturated heterocycles. The van der Waals surface area contributed by atoms with Gasteiger partial charge >= 0.3 is 0 Å². The molecule has 1 atom stereocenters. The van der Waals surface area contributed by atoms with Crippen LogP contribution in [-0.4, -0.2) is 15.5 Å². The maximum Gasteiger partial charge on any atom is 0.225 e. The van der Waals surface area contributed by atoms with E-state index in [1.54, 1.807) is 35.2 Å². The summed E-state index contributed by atoms with van der Waals surface area (Å²) in [6.45, 7) is 1.97. The normalized spacial score (nSPS) is 12.0. The molecular weight excluding hydrogens is 317 g/mol. The number of halogens is 1. The Morgan fingerprint density at radius 2 is 1.92 bits per heavy atom. The lowest BCUT2D eigenvalue weighted by Crippen LogP contribution is -2.32. The quantitative estimate of drug-likeness (QED) is 0.776. The summed E-state index contributed by atoms with van der Waals surface area (Å²) in [6.07, 6.45) is 3.65. The zero-order valence-electron chi connectivity index (χ0n) is 14.2. The van der Waals surface area contributed by atoms with Crippen LogP contribution in [0.1, 0.15) is 28.6 Å². The predicted molar refractivity (Wildman–Crippen MR) is 94.5 cm³/mol. The van der Waals surface area contributed by atoms with Crippen LogP contribution in [0, 0.1) is 12.7 Å². The molecule has 3 rings (SSSR count). The van der Waals surface area contributed by atoms with E-state index in [2.05, 4.69) is 10.3 Å². The van der Waals surface area contributed by atoms with E-state index in [0.717, 1.165) is 11.1 Å². The van der Waals surface area contributed by atoms with E-state index < -0.39 is 6.04 Å². The van der Waals surface area contributed by atoms with Gasteiger partial charge in [-0.25, -0.2) is 9.37 Å². The van der Waals surface area contributed by atoms with Crippen LogP contribution in [0.15, 0.2) is 60.9 Å². The molecule has 0 aliphatic heterocycles. The van der Waals surface area contributed by atoms with Crippen molar-refractivity contribution in [1.82, 2.24) is 14.9 Å². The number of aryl methyl sites for hydroxylation is 2. The summed E-state index contributed by atoms with van der Waals surface area (Å²) < 4.78 is 16.1. The van der Waals surface area contributed by atoms with Gasteiger partial charge in [-0.1, -0.05) is 42.5 Å². The molecule has 5 heteroatoms. The fourth-order valence-electron chi connectivity index (χ4n) is 2.84. The van der Waals surface area contributed by atoms with Gasteiger partial charge in [0.05, 0.1) is 6.42 Å². The molecule has 1 amide bonds. The first-order valence-corrected chi connectivity index (χ1v) is 8.12. The third-order valence-electron chi connectivity index (χ3n) is 4.25. The highest BCUT2D eigenvalue weighted by atomic mass is 19.1. The molecule has 1 heterocycles. The minimum Gasteiger partial charge on any atom is -0.342 e. The largest absolute Gasteiger partial charge is 0.342 e. The Hall–Kier alpha value is -2.95. The number of hydrogen-bond acceptors (Lipinski definition) is 2. The van der Waals surface area contributed by atoms with E-state index >= 15 is 0 Å². The van der Waals surface area contributed by atoms with Gasteiger partial charge in [0, 0.05) is 25.0 Å².